The molecule has 0 spiro atoms. The second-order valence-corrected chi connectivity index (χ2v) is 16.8. The quantitative estimate of drug-likeness (QED) is 0.0200. The minimum absolute atomic E-state index is 0.0794. The molecule has 342 valence electrons. The van der Waals surface area contributed by atoms with Crippen LogP contribution < -0.4 is 0 Å². The fourth-order valence-electron chi connectivity index (χ4n) is 7.08. The molecule has 6 nitrogen and oxygen atoms in total. The predicted octanol–water partition coefficient (Wildman–Crippen LogP) is 16.3. The molecule has 0 aromatic carbocycles. The third-order valence-corrected chi connectivity index (χ3v) is 10.9. The van der Waals surface area contributed by atoms with Crippen LogP contribution in [0.4, 0.5) is 0 Å². The highest BCUT2D eigenvalue weighted by Crippen LogP contribution is 2.15. The maximum atomic E-state index is 12.8. The van der Waals surface area contributed by atoms with Crippen molar-refractivity contribution in [1.29, 1.82) is 0 Å². The molecule has 0 radical (unpaired) electrons. The molecule has 0 saturated heterocycles. The number of hydrogen-bond acceptors (Lipinski definition) is 6. The number of ether oxygens (including phenoxy) is 3. The van der Waals surface area contributed by atoms with Gasteiger partial charge >= 0.3 is 17.9 Å². The number of carbonyl (C=O) groups excluding carboxylic acids is 3. The number of unbranched alkanes of at least 4 members (excludes halogenated alkanes) is 28. The lowest BCUT2D eigenvalue weighted by Crippen LogP contribution is -2.30. The fraction of sp³-hybridized carbons (Fsp3) is 0.792. The molecule has 0 aromatic rings. The van der Waals surface area contributed by atoms with E-state index in [-0.39, 0.29) is 31.1 Å². The molecule has 0 bridgehead atoms. The summed E-state index contributed by atoms with van der Waals surface area (Å²) >= 11 is 0. The summed E-state index contributed by atoms with van der Waals surface area (Å²) in [6.07, 6.45) is 56.6. The van der Waals surface area contributed by atoms with Crippen LogP contribution in [0.2, 0.25) is 0 Å². The van der Waals surface area contributed by atoms with Gasteiger partial charge in [-0.05, 0) is 64.2 Å². The molecule has 0 heterocycles. The monoisotopic (exact) mass is 827 g/mol. The third kappa shape index (κ3) is 46.3. The summed E-state index contributed by atoms with van der Waals surface area (Å²) in [5.74, 6) is -0.893. The minimum atomic E-state index is -0.777. The maximum Gasteiger partial charge on any atom is 0.306 e. The van der Waals surface area contributed by atoms with E-state index in [9.17, 15) is 14.4 Å². The van der Waals surface area contributed by atoms with Gasteiger partial charge in [0.25, 0.3) is 0 Å². The third-order valence-electron chi connectivity index (χ3n) is 10.9. The highest BCUT2D eigenvalue weighted by molar-refractivity contribution is 5.71. The first-order chi connectivity index (χ1) is 29.0. The molecular formula is C53H94O6. The van der Waals surface area contributed by atoms with Gasteiger partial charge < -0.3 is 14.2 Å². The first kappa shape index (κ1) is 56.4. The van der Waals surface area contributed by atoms with Crippen LogP contribution in [0.15, 0.2) is 48.6 Å². The Kier molecular flexibility index (Phi) is 45.9. The van der Waals surface area contributed by atoms with E-state index in [0.717, 1.165) is 77.0 Å². The van der Waals surface area contributed by atoms with Gasteiger partial charge in [-0.15, -0.1) is 0 Å². The number of esters is 3. The minimum Gasteiger partial charge on any atom is -0.462 e. The van der Waals surface area contributed by atoms with Crippen molar-refractivity contribution in [2.24, 2.45) is 0 Å². The molecule has 0 saturated carbocycles. The van der Waals surface area contributed by atoms with Crippen LogP contribution in [0.5, 0.6) is 0 Å². The molecule has 0 aliphatic rings. The Morgan fingerprint density at radius 1 is 0.356 bits per heavy atom. The van der Waals surface area contributed by atoms with E-state index in [4.69, 9.17) is 14.2 Å². The van der Waals surface area contributed by atoms with Crippen molar-refractivity contribution in [3.8, 4) is 0 Å². The first-order valence-electron chi connectivity index (χ1n) is 25.2. The maximum absolute atomic E-state index is 12.8. The molecule has 1 unspecified atom stereocenters. The Balaban J connectivity index is 4.38. The zero-order valence-corrected chi connectivity index (χ0v) is 39.0. The summed E-state index contributed by atoms with van der Waals surface area (Å²) in [4.78, 5) is 37.9. The molecule has 59 heavy (non-hydrogen) atoms. The Hall–Kier alpha value is -2.63. The number of allylic oxidation sites excluding steroid dienone is 8. The van der Waals surface area contributed by atoms with Crippen molar-refractivity contribution in [3.05, 3.63) is 48.6 Å². The van der Waals surface area contributed by atoms with Crippen molar-refractivity contribution in [2.75, 3.05) is 13.2 Å². The predicted molar refractivity (Wildman–Crippen MR) is 252 cm³/mol. The molecule has 0 aliphatic heterocycles. The summed E-state index contributed by atoms with van der Waals surface area (Å²) < 4.78 is 16.8. The largest absolute Gasteiger partial charge is 0.462 e. The topological polar surface area (TPSA) is 78.9 Å². The molecule has 0 rings (SSSR count). The van der Waals surface area contributed by atoms with Crippen molar-refractivity contribution >= 4 is 17.9 Å². The van der Waals surface area contributed by atoms with E-state index in [1.807, 2.05) is 0 Å². The van der Waals surface area contributed by atoms with Crippen molar-refractivity contribution in [1.82, 2.24) is 0 Å². The van der Waals surface area contributed by atoms with Gasteiger partial charge in [0.1, 0.15) is 13.2 Å². The zero-order chi connectivity index (χ0) is 43.0. The van der Waals surface area contributed by atoms with E-state index in [1.54, 1.807) is 0 Å². The molecule has 6 heteroatoms. The average Bonchev–Trinajstić information content (AvgIpc) is 3.23. The Morgan fingerprint density at radius 2 is 0.678 bits per heavy atom. The lowest BCUT2D eigenvalue weighted by molar-refractivity contribution is -0.167. The Morgan fingerprint density at radius 3 is 1.10 bits per heavy atom. The van der Waals surface area contributed by atoms with Gasteiger partial charge in [0.2, 0.25) is 0 Å². The molecule has 0 aliphatic carbocycles. The Labute approximate surface area is 365 Å². The number of hydrogen-bond donors (Lipinski definition) is 0. The normalized spacial score (nSPS) is 12.4. The Bertz CT molecular complexity index is 1040. The summed E-state index contributed by atoms with van der Waals surface area (Å²) in [5.41, 5.74) is 0. The molecule has 0 amide bonds. The van der Waals surface area contributed by atoms with Crippen LogP contribution in [0.3, 0.4) is 0 Å². The van der Waals surface area contributed by atoms with Crippen LogP contribution in [-0.2, 0) is 28.6 Å². The van der Waals surface area contributed by atoms with E-state index >= 15 is 0 Å². The van der Waals surface area contributed by atoms with Gasteiger partial charge in [-0.1, -0.05) is 217 Å². The van der Waals surface area contributed by atoms with Crippen LogP contribution in [0.1, 0.15) is 252 Å². The van der Waals surface area contributed by atoms with Crippen LogP contribution >= 0.6 is 0 Å². The summed E-state index contributed by atoms with van der Waals surface area (Å²) in [7, 11) is 0. The average molecular weight is 827 g/mol. The van der Waals surface area contributed by atoms with Gasteiger partial charge in [0.05, 0.1) is 0 Å². The number of carbonyl (C=O) groups is 3. The van der Waals surface area contributed by atoms with Gasteiger partial charge in [0, 0.05) is 19.3 Å². The summed E-state index contributed by atoms with van der Waals surface area (Å²) in [6, 6.07) is 0. The highest BCUT2D eigenvalue weighted by atomic mass is 16.6. The van der Waals surface area contributed by atoms with Gasteiger partial charge in [-0.3, -0.25) is 14.4 Å². The molecular weight excluding hydrogens is 733 g/mol. The summed E-state index contributed by atoms with van der Waals surface area (Å²) in [6.45, 7) is 6.48. The van der Waals surface area contributed by atoms with Gasteiger partial charge in [0.15, 0.2) is 6.10 Å². The van der Waals surface area contributed by atoms with E-state index in [0.29, 0.717) is 19.3 Å². The van der Waals surface area contributed by atoms with Gasteiger partial charge in [-0.2, -0.15) is 0 Å². The highest BCUT2D eigenvalue weighted by Gasteiger charge is 2.19. The molecule has 1 atom stereocenters. The standard InChI is InChI=1S/C53H94O6/c1-4-7-10-13-16-19-22-25-27-29-31-34-37-40-43-46-52(55)58-49-50(48-57-51(54)45-42-39-36-33-30-24-21-18-15-12-9-6-3)59-53(56)47-44-41-38-35-32-28-26-23-20-17-14-11-8-5-2/h7,10,13,16,18-19,21-22,50H,4-6,8-9,11-12,14-15,17,20,23-49H2,1-3H3/b10-7-,16-13-,21-18-,22-19-. The second-order valence-electron chi connectivity index (χ2n) is 16.8. The molecule has 0 fully saturated rings. The smallest absolute Gasteiger partial charge is 0.306 e. The molecule has 0 aromatic heterocycles. The summed E-state index contributed by atoms with van der Waals surface area (Å²) in [5, 5.41) is 0. The second kappa shape index (κ2) is 48.0. The molecule has 0 N–H and O–H groups in total. The SMILES string of the molecule is CC\C=C/C=C\C=C/CCCCCCCCCC(=O)OCC(COC(=O)CCCCCCC/C=C\CCCCC)OC(=O)CCCCCCCCCCCCCCCC. The van der Waals surface area contributed by atoms with Crippen LogP contribution in [-0.4, -0.2) is 37.2 Å². The van der Waals surface area contributed by atoms with E-state index in [2.05, 4.69) is 69.4 Å². The van der Waals surface area contributed by atoms with E-state index in [1.165, 1.54) is 135 Å². The van der Waals surface area contributed by atoms with Crippen LogP contribution in [0.25, 0.3) is 0 Å². The van der Waals surface area contributed by atoms with Crippen LogP contribution in [0, 0.1) is 0 Å². The van der Waals surface area contributed by atoms with E-state index < -0.39 is 6.10 Å². The number of rotatable bonds is 45. The zero-order valence-electron chi connectivity index (χ0n) is 39.0. The first-order valence-corrected chi connectivity index (χ1v) is 25.2. The van der Waals surface area contributed by atoms with Crippen molar-refractivity contribution < 1.29 is 28.6 Å². The van der Waals surface area contributed by atoms with Crippen molar-refractivity contribution in [2.45, 2.75) is 258 Å². The lowest BCUT2D eigenvalue weighted by atomic mass is 10.0. The fourth-order valence-corrected chi connectivity index (χ4v) is 7.08. The lowest BCUT2D eigenvalue weighted by Gasteiger charge is -2.18. The van der Waals surface area contributed by atoms with Crippen molar-refractivity contribution in [3.63, 3.8) is 0 Å². The van der Waals surface area contributed by atoms with Gasteiger partial charge in [-0.25, -0.2) is 0 Å².